The Kier molecular flexibility index (Phi) is 5.21. The number of benzene rings is 1. The van der Waals surface area contributed by atoms with Crippen molar-refractivity contribution in [3.05, 3.63) is 47.4 Å². The minimum atomic E-state index is -0.574. The average Bonchev–Trinajstić information content (AvgIpc) is 2.91. The van der Waals surface area contributed by atoms with Crippen molar-refractivity contribution in [2.75, 3.05) is 0 Å². The van der Waals surface area contributed by atoms with Gasteiger partial charge in [0.15, 0.2) is 5.82 Å². The highest BCUT2D eigenvalue weighted by Gasteiger charge is 2.17. The lowest BCUT2D eigenvalue weighted by atomic mass is 10.1. The van der Waals surface area contributed by atoms with E-state index in [2.05, 4.69) is 15.5 Å². The molecule has 0 fully saturated rings. The summed E-state index contributed by atoms with van der Waals surface area (Å²) < 4.78 is 18.1. The first kappa shape index (κ1) is 16.1. The maximum atomic E-state index is 13.1. The minimum Gasteiger partial charge on any atom is -0.346 e. The van der Waals surface area contributed by atoms with Crippen LogP contribution >= 0.6 is 0 Å². The van der Waals surface area contributed by atoms with Crippen molar-refractivity contribution < 1.29 is 13.7 Å². The number of carbonyl (C=O) groups is 1. The summed E-state index contributed by atoms with van der Waals surface area (Å²) in [6, 6.07) is 5.62. The minimum absolute atomic E-state index is 0.0474. The SMILES string of the molecule is CC(C)[C@H](N)C(=O)NCc1nc(Cc2cccc(F)c2)no1. The van der Waals surface area contributed by atoms with Gasteiger partial charge in [0.2, 0.25) is 11.8 Å². The van der Waals surface area contributed by atoms with Crippen LogP contribution in [0.5, 0.6) is 0 Å². The van der Waals surface area contributed by atoms with E-state index in [1.165, 1.54) is 12.1 Å². The molecule has 6 nitrogen and oxygen atoms in total. The van der Waals surface area contributed by atoms with Crippen molar-refractivity contribution in [2.45, 2.75) is 32.9 Å². The van der Waals surface area contributed by atoms with Crippen LogP contribution < -0.4 is 11.1 Å². The third-order valence-electron chi connectivity index (χ3n) is 3.20. The number of carbonyl (C=O) groups excluding carboxylic acids is 1. The summed E-state index contributed by atoms with van der Waals surface area (Å²) in [5.41, 5.74) is 6.48. The molecule has 1 amide bonds. The van der Waals surface area contributed by atoms with Gasteiger partial charge in [-0.25, -0.2) is 4.39 Å². The molecule has 0 aliphatic heterocycles. The molecular formula is C15H19FN4O2. The molecule has 0 saturated heterocycles. The topological polar surface area (TPSA) is 94.0 Å². The van der Waals surface area contributed by atoms with Crippen LogP contribution in [0.1, 0.15) is 31.1 Å². The molecule has 1 aromatic heterocycles. The first-order chi connectivity index (χ1) is 10.5. The molecule has 0 aliphatic carbocycles. The van der Waals surface area contributed by atoms with Gasteiger partial charge < -0.3 is 15.6 Å². The van der Waals surface area contributed by atoms with Crippen molar-refractivity contribution in [1.82, 2.24) is 15.5 Å². The van der Waals surface area contributed by atoms with Gasteiger partial charge in [0.05, 0.1) is 12.6 Å². The van der Waals surface area contributed by atoms with Crippen LogP contribution in [-0.2, 0) is 17.8 Å². The molecule has 1 atom stereocenters. The fourth-order valence-corrected chi connectivity index (χ4v) is 1.85. The van der Waals surface area contributed by atoms with E-state index in [4.69, 9.17) is 10.3 Å². The molecule has 7 heteroatoms. The molecule has 0 radical (unpaired) electrons. The number of hydrogen-bond acceptors (Lipinski definition) is 5. The maximum Gasteiger partial charge on any atom is 0.246 e. The van der Waals surface area contributed by atoms with Gasteiger partial charge in [0.25, 0.3) is 0 Å². The van der Waals surface area contributed by atoms with E-state index in [1.807, 2.05) is 13.8 Å². The quantitative estimate of drug-likeness (QED) is 0.841. The van der Waals surface area contributed by atoms with Gasteiger partial charge >= 0.3 is 0 Å². The van der Waals surface area contributed by atoms with E-state index in [-0.39, 0.29) is 30.1 Å². The number of hydrogen-bond donors (Lipinski definition) is 2. The zero-order valence-corrected chi connectivity index (χ0v) is 12.5. The molecule has 2 aromatic rings. The Bertz CT molecular complexity index is 642. The third-order valence-corrected chi connectivity index (χ3v) is 3.20. The number of aromatic nitrogens is 2. The Balaban J connectivity index is 1.90. The molecule has 0 bridgehead atoms. The highest BCUT2D eigenvalue weighted by atomic mass is 19.1. The van der Waals surface area contributed by atoms with E-state index in [9.17, 15) is 9.18 Å². The molecule has 118 valence electrons. The highest BCUT2D eigenvalue weighted by Crippen LogP contribution is 2.09. The summed E-state index contributed by atoms with van der Waals surface area (Å²) in [5.74, 6) is 0.195. The smallest absolute Gasteiger partial charge is 0.246 e. The molecular weight excluding hydrogens is 287 g/mol. The number of amides is 1. The van der Waals surface area contributed by atoms with Crippen LogP contribution in [0.25, 0.3) is 0 Å². The van der Waals surface area contributed by atoms with Crippen LogP contribution in [0.2, 0.25) is 0 Å². The first-order valence-electron chi connectivity index (χ1n) is 7.05. The summed E-state index contributed by atoms with van der Waals surface area (Å²) in [5, 5.41) is 6.45. The lowest BCUT2D eigenvalue weighted by Crippen LogP contribution is -2.43. The van der Waals surface area contributed by atoms with Crippen molar-refractivity contribution >= 4 is 5.91 Å². The van der Waals surface area contributed by atoms with E-state index in [0.29, 0.717) is 12.2 Å². The largest absolute Gasteiger partial charge is 0.346 e. The molecule has 2 rings (SSSR count). The number of halogens is 1. The predicted octanol–water partition coefficient (Wildman–Crippen LogP) is 1.40. The number of nitrogens with zero attached hydrogens (tertiary/aromatic N) is 2. The van der Waals surface area contributed by atoms with Gasteiger partial charge in [-0.3, -0.25) is 4.79 Å². The summed E-state index contributed by atoms with van der Waals surface area (Å²) in [6.45, 7) is 3.86. The Hall–Kier alpha value is -2.28. The Morgan fingerprint density at radius 1 is 1.45 bits per heavy atom. The van der Waals surface area contributed by atoms with E-state index >= 15 is 0 Å². The predicted molar refractivity (Wildman–Crippen MR) is 78.2 cm³/mol. The Morgan fingerprint density at radius 3 is 2.91 bits per heavy atom. The second kappa shape index (κ2) is 7.13. The Morgan fingerprint density at radius 2 is 2.23 bits per heavy atom. The van der Waals surface area contributed by atoms with Gasteiger partial charge in [-0.2, -0.15) is 4.98 Å². The molecule has 1 aromatic carbocycles. The second-order valence-corrected chi connectivity index (χ2v) is 5.40. The van der Waals surface area contributed by atoms with Crippen LogP contribution in [0.4, 0.5) is 4.39 Å². The average molecular weight is 306 g/mol. The van der Waals surface area contributed by atoms with Crippen LogP contribution in [0, 0.1) is 11.7 Å². The van der Waals surface area contributed by atoms with Crippen LogP contribution in [0.3, 0.4) is 0 Å². The zero-order chi connectivity index (χ0) is 16.1. The molecule has 22 heavy (non-hydrogen) atoms. The molecule has 0 saturated carbocycles. The van der Waals surface area contributed by atoms with E-state index in [1.54, 1.807) is 12.1 Å². The van der Waals surface area contributed by atoms with Gasteiger partial charge in [-0.15, -0.1) is 0 Å². The van der Waals surface area contributed by atoms with E-state index in [0.717, 1.165) is 5.56 Å². The molecule has 3 N–H and O–H groups in total. The standard InChI is InChI=1S/C15H19FN4O2/c1-9(2)14(17)15(21)18-8-13-19-12(20-22-13)7-10-4-3-5-11(16)6-10/h3-6,9,14H,7-8,17H2,1-2H3,(H,18,21)/t14-/m0/s1. The molecule has 1 heterocycles. The van der Waals surface area contributed by atoms with E-state index < -0.39 is 6.04 Å². The van der Waals surface area contributed by atoms with Crippen LogP contribution in [0.15, 0.2) is 28.8 Å². The van der Waals surface area contributed by atoms with Crippen LogP contribution in [-0.4, -0.2) is 22.1 Å². The molecule has 0 unspecified atom stereocenters. The fraction of sp³-hybridized carbons (Fsp3) is 0.400. The lowest BCUT2D eigenvalue weighted by molar-refractivity contribution is -0.123. The highest BCUT2D eigenvalue weighted by molar-refractivity contribution is 5.81. The zero-order valence-electron chi connectivity index (χ0n) is 12.5. The monoisotopic (exact) mass is 306 g/mol. The van der Waals surface area contributed by atoms with Crippen molar-refractivity contribution in [3.63, 3.8) is 0 Å². The molecule has 0 spiro atoms. The Labute approximate surface area is 127 Å². The van der Waals surface area contributed by atoms with Gasteiger partial charge in [-0.05, 0) is 23.6 Å². The fourth-order valence-electron chi connectivity index (χ4n) is 1.85. The number of nitrogens with one attached hydrogen (secondary N) is 1. The normalized spacial score (nSPS) is 12.4. The van der Waals surface area contributed by atoms with Gasteiger partial charge in [0, 0.05) is 6.42 Å². The van der Waals surface area contributed by atoms with Crippen molar-refractivity contribution in [3.8, 4) is 0 Å². The first-order valence-corrected chi connectivity index (χ1v) is 7.05. The summed E-state index contributed by atoms with van der Waals surface area (Å²) in [7, 11) is 0. The number of rotatable bonds is 6. The second-order valence-electron chi connectivity index (χ2n) is 5.40. The molecule has 0 aliphatic rings. The number of nitrogens with two attached hydrogens (primary N) is 1. The maximum absolute atomic E-state index is 13.1. The lowest BCUT2D eigenvalue weighted by Gasteiger charge is -2.14. The summed E-state index contributed by atoms with van der Waals surface area (Å²) >= 11 is 0. The summed E-state index contributed by atoms with van der Waals surface area (Å²) in [4.78, 5) is 15.9. The summed E-state index contributed by atoms with van der Waals surface area (Å²) in [6.07, 6.45) is 0.362. The third kappa shape index (κ3) is 4.36. The van der Waals surface area contributed by atoms with Gasteiger partial charge in [0.1, 0.15) is 5.82 Å². The van der Waals surface area contributed by atoms with Gasteiger partial charge in [-0.1, -0.05) is 31.1 Å². The van der Waals surface area contributed by atoms with Crippen molar-refractivity contribution in [2.24, 2.45) is 11.7 Å². The van der Waals surface area contributed by atoms with Crippen molar-refractivity contribution in [1.29, 1.82) is 0 Å².